The quantitative estimate of drug-likeness (QED) is 0.724. The second-order valence-corrected chi connectivity index (χ2v) is 3.32. The highest BCUT2D eigenvalue weighted by Crippen LogP contribution is 2.28. The minimum absolute atomic E-state index is 0.444. The summed E-state index contributed by atoms with van der Waals surface area (Å²) >= 11 is 0. The van der Waals surface area contributed by atoms with Crippen molar-refractivity contribution in [2.75, 3.05) is 0 Å². The normalized spacial score (nSPS) is 13.5. The monoisotopic (exact) mass is 176 g/mol. The molecule has 68 valence electrons. The molecule has 0 fully saturated rings. The molecule has 0 aliphatic heterocycles. The zero-order valence-corrected chi connectivity index (χ0v) is 7.74. The Morgan fingerprint density at radius 2 is 2.15 bits per heavy atom. The molecule has 2 aromatic rings. The molecule has 0 saturated heterocycles. The molecule has 0 radical (unpaired) electrons. The van der Waals surface area contributed by atoms with E-state index in [4.69, 9.17) is 4.42 Å². The van der Waals surface area contributed by atoms with Crippen LogP contribution in [0.5, 0.6) is 0 Å². The van der Waals surface area contributed by atoms with Gasteiger partial charge in [0.25, 0.3) is 0 Å². The number of benzene rings is 1. The van der Waals surface area contributed by atoms with Gasteiger partial charge >= 0.3 is 0 Å². The maximum atomic E-state index is 9.52. The van der Waals surface area contributed by atoms with E-state index in [1.807, 2.05) is 25.1 Å². The number of aliphatic hydroxyl groups excluding tert-OH is 1. The van der Waals surface area contributed by atoms with Crippen molar-refractivity contribution < 1.29 is 9.52 Å². The standard InChI is InChI=1S/C11H12O2/c1-7-6-13-10-5-3-4-9(8(2)12)11(7)10/h3-6,8,12H,1-2H3. The fourth-order valence-corrected chi connectivity index (χ4v) is 1.63. The first kappa shape index (κ1) is 8.32. The Kier molecular flexibility index (Phi) is 1.85. The van der Waals surface area contributed by atoms with Crippen molar-refractivity contribution in [1.29, 1.82) is 0 Å². The molecule has 2 nitrogen and oxygen atoms in total. The molecule has 2 heteroatoms. The minimum atomic E-state index is -0.444. The van der Waals surface area contributed by atoms with Crippen LogP contribution in [-0.2, 0) is 0 Å². The fraction of sp³-hybridized carbons (Fsp3) is 0.273. The molecule has 1 aromatic heterocycles. The number of furan rings is 1. The van der Waals surface area contributed by atoms with E-state index < -0.39 is 6.10 Å². The molecule has 1 atom stereocenters. The average molecular weight is 176 g/mol. The van der Waals surface area contributed by atoms with Gasteiger partial charge in [0, 0.05) is 5.39 Å². The summed E-state index contributed by atoms with van der Waals surface area (Å²) in [7, 11) is 0. The van der Waals surface area contributed by atoms with E-state index in [-0.39, 0.29) is 0 Å². The van der Waals surface area contributed by atoms with Crippen molar-refractivity contribution in [1.82, 2.24) is 0 Å². The van der Waals surface area contributed by atoms with E-state index in [1.165, 1.54) is 0 Å². The van der Waals surface area contributed by atoms with Crippen molar-refractivity contribution in [2.24, 2.45) is 0 Å². The molecular weight excluding hydrogens is 164 g/mol. The van der Waals surface area contributed by atoms with Crippen LogP contribution in [0, 0.1) is 6.92 Å². The summed E-state index contributed by atoms with van der Waals surface area (Å²) in [5.41, 5.74) is 2.85. The van der Waals surface area contributed by atoms with Gasteiger partial charge in [0.15, 0.2) is 0 Å². The Bertz CT molecular complexity index is 427. The first-order valence-corrected chi connectivity index (χ1v) is 4.35. The van der Waals surface area contributed by atoms with Gasteiger partial charge in [-0.3, -0.25) is 0 Å². The maximum Gasteiger partial charge on any atom is 0.134 e. The van der Waals surface area contributed by atoms with E-state index in [0.717, 1.165) is 22.1 Å². The first-order chi connectivity index (χ1) is 6.20. The van der Waals surface area contributed by atoms with Crippen LogP contribution in [0.25, 0.3) is 11.0 Å². The van der Waals surface area contributed by atoms with Crippen molar-refractivity contribution in [3.05, 3.63) is 35.6 Å². The predicted octanol–water partition coefficient (Wildman–Crippen LogP) is 2.79. The summed E-state index contributed by atoms with van der Waals surface area (Å²) in [5, 5.41) is 10.6. The van der Waals surface area contributed by atoms with Crippen LogP contribution in [0.3, 0.4) is 0 Å². The lowest BCUT2D eigenvalue weighted by atomic mass is 10.0. The third-order valence-electron chi connectivity index (χ3n) is 2.27. The third-order valence-corrected chi connectivity index (χ3v) is 2.27. The molecule has 0 spiro atoms. The molecule has 13 heavy (non-hydrogen) atoms. The van der Waals surface area contributed by atoms with E-state index in [2.05, 4.69) is 0 Å². The zero-order chi connectivity index (χ0) is 9.42. The van der Waals surface area contributed by atoms with Gasteiger partial charge in [-0.1, -0.05) is 12.1 Å². The minimum Gasteiger partial charge on any atom is -0.464 e. The zero-order valence-electron chi connectivity index (χ0n) is 7.74. The van der Waals surface area contributed by atoms with Crippen molar-refractivity contribution in [2.45, 2.75) is 20.0 Å². The van der Waals surface area contributed by atoms with Crippen LogP contribution in [0.2, 0.25) is 0 Å². The summed E-state index contributed by atoms with van der Waals surface area (Å²) in [6.45, 7) is 3.75. The Labute approximate surface area is 76.8 Å². The number of hydrogen-bond donors (Lipinski definition) is 1. The van der Waals surface area contributed by atoms with E-state index in [0.29, 0.717) is 0 Å². The van der Waals surface area contributed by atoms with Crippen molar-refractivity contribution in [3.8, 4) is 0 Å². The van der Waals surface area contributed by atoms with Crippen LogP contribution in [0.15, 0.2) is 28.9 Å². The Hall–Kier alpha value is -1.28. The van der Waals surface area contributed by atoms with Gasteiger partial charge in [-0.2, -0.15) is 0 Å². The Balaban J connectivity index is 2.80. The van der Waals surface area contributed by atoms with Gasteiger partial charge in [0.05, 0.1) is 12.4 Å². The summed E-state index contributed by atoms with van der Waals surface area (Å²) in [6.07, 6.45) is 1.27. The van der Waals surface area contributed by atoms with Gasteiger partial charge in [0.2, 0.25) is 0 Å². The number of aryl methyl sites for hydroxylation is 1. The Morgan fingerprint density at radius 3 is 2.85 bits per heavy atom. The molecule has 1 heterocycles. The largest absolute Gasteiger partial charge is 0.464 e. The molecule has 2 rings (SSSR count). The SMILES string of the molecule is Cc1coc2cccc(C(C)O)c12. The summed E-state index contributed by atoms with van der Waals surface area (Å²) in [5.74, 6) is 0. The van der Waals surface area contributed by atoms with Crippen LogP contribution in [0.1, 0.15) is 24.2 Å². The number of aliphatic hydroxyl groups is 1. The van der Waals surface area contributed by atoms with Gasteiger partial charge in [-0.15, -0.1) is 0 Å². The second kappa shape index (κ2) is 2.89. The van der Waals surface area contributed by atoms with Crippen molar-refractivity contribution in [3.63, 3.8) is 0 Å². The molecular formula is C11H12O2. The van der Waals surface area contributed by atoms with Crippen LogP contribution >= 0.6 is 0 Å². The molecule has 1 N–H and O–H groups in total. The smallest absolute Gasteiger partial charge is 0.134 e. The molecule has 1 unspecified atom stereocenters. The van der Waals surface area contributed by atoms with Crippen molar-refractivity contribution >= 4 is 11.0 Å². The topological polar surface area (TPSA) is 33.4 Å². The fourth-order valence-electron chi connectivity index (χ4n) is 1.63. The van der Waals surface area contributed by atoms with E-state index >= 15 is 0 Å². The van der Waals surface area contributed by atoms with E-state index in [1.54, 1.807) is 13.2 Å². The Morgan fingerprint density at radius 1 is 1.38 bits per heavy atom. The van der Waals surface area contributed by atoms with E-state index in [9.17, 15) is 5.11 Å². The third kappa shape index (κ3) is 1.23. The number of fused-ring (bicyclic) bond motifs is 1. The van der Waals surface area contributed by atoms with Gasteiger partial charge in [-0.25, -0.2) is 0 Å². The molecule has 0 saturated carbocycles. The van der Waals surface area contributed by atoms with Crippen LogP contribution < -0.4 is 0 Å². The molecule has 0 amide bonds. The van der Waals surface area contributed by atoms with Crippen LogP contribution in [-0.4, -0.2) is 5.11 Å². The molecule has 0 aliphatic carbocycles. The van der Waals surface area contributed by atoms with Gasteiger partial charge < -0.3 is 9.52 Å². The summed E-state index contributed by atoms with van der Waals surface area (Å²) in [4.78, 5) is 0. The van der Waals surface area contributed by atoms with Gasteiger partial charge in [0.1, 0.15) is 5.58 Å². The van der Waals surface area contributed by atoms with Gasteiger partial charge in [-0.05, 0) is 31.0 Å². The summed E-state index contributed by atoms with van der Waals surface area (Å²) < 4.78 is 5.33. The second-order valence-electron chi connectivity index (χ2n) is 3.32. The average Bonchev–Trinajstić information content (AvgIpc) is 2.48. The number of hydrogen-bond acceptors (Lipinski definition) is 2. The molecule has 0 aliphatic rings. The highest BCUT2D eigenvalue weighted by atomic mass is 16.3. The predicted molar refractivity (Wildman–Crippen MR) is 51.6 cm³/mol. The van der Waals surface area contributed by atoms with Crippen LogP contribution in [0.4, 0.5) is 0 Å². The highest BCUT2D eigenvalue weighted by Gasteiger charge is 2.10. The lowest BCUT2D eigenvalue weighted by Gasteiger charge is -2.05. The lowest BCUT2D eigenvalue weighted by Crippen LogP contribution is -1.91. The first-order valence-electron chi connectivity index (χ1n) is 4.35. The summed E-state index contributed by atoms with van der Waals surface area (Å²) in [6, 6.07) is 5.73. The lowest BCUT2D eigenvalue weighted by molar-refractivity contribution is 0.201. The highest BCUT2D eigenvalue weighted by molar-refractivity contribution is 5.84. The number of rotatable bonds is 1. The molecule has 1 aromatic carbocycles. The maximum absolute atomic E-state index is 9.52. The molecule has 0 bridgehead atoms.